The molecule has 0 fully saturated rings. The number of allylic oxidation sites excluding steroid dienone is 1. The van der Waals surface area contributed by atoms with E-state index in [0.717, 1.165) is 18.6 Å². The van der Waals surface area contributed by atoms with Gasteiger partial charge >= 0.3 is 0 Å². The average Bonchev–Trinajstić information content (AvgIpc) is 2.20. The fraction of sp³-hybridized carbons (Fsp3) is 0.750. The smallest absolute Gasteiger partial charge is 0.0849 e. The Morgan fingerprint density at radius 2 is 2.00 bits per heavy atom. The van der Waals surface area contributed by atoms with Gasteiger partial charge in [-0.1, -0.05) is 18.9 Å². The average molecular weight is 213 g/mol. The maximum atomic E-state index is 5.44. The Hall–Kier alpha value is -0.670. The highest BCUT2D eigenvalue weighted by Gasteiger charge is 1.97. The summed E-state index contributed by atoms with van der Waals surface area (Å²) in [5.41, 5.74) is 2.32. The zero-order chi connectivity index (χ0) is 11.5. The van der Waals surface area contributed by atoms with Gasteiger partial charge < -0.3 is 9.47 Å². The first-order valence-electron chi connectivity index (χ1n) is 5.46. The molecule has 0 atom stereocenters. The molecule has 0 unspecified atom stereocenters. The van der Waals surface area contributed by atoms with E-state index in [9.17, 15) is 0 Å². The topological polar surface area (TPSA) is 30.8 Å². The molecular formula is C12H23NO2. The minimum atomic E-state index is 0.612. The molecular weight excluding hydrogens is 190 g/mol. The predicted octanol–water partition coefficient (Wildman–Crippen LogP) is 2.81. The maximum absolute atomic E-state index is 5.44. The molecule has 3 nitrogen and oxygen atoms in total. The molecule has 0 aromatic heterocycles. The molecule has 0 radical (unpaired) electrons. The molecule has 0 aromatic rings. The van der Waals surface area contributed by atoms with E-state index in [1.54, 1.807) is 7.11 Å². The van der Waals surface area contributed by atoms with Crippen molar-refractivity contribution in [2.75, 3.05) is 26.9 Å². The SMILES string of the molecule is CCC/C(COCCOC)=N\C=C(C)C. The van der Waals surface area contributed by atoms with Crippen molar-refractivity contribution in [1.29, 1.82) is 0 Å². The van der Waals surface area contributed by atoms with Crippen LogP contribution in [0.15, 0.2) is 16.8 Å². The van der Waals surface area contributed by atoms with Crippen LogP contribution in [0.1, 0.15) is 33.6 Å². The van der Waals surface area contributed by atoms with Crippen molar-refractivity contribution in [2.24, 2.45) is 4.99 Å². The first kappa shape index (κ1) is 14.3. The quantitative estimate of drug-likeness (QED) is 0.458. The number of aliphatic imine (C=N–C) groups is 1. The van der Waals surface area contributed by atoms with E-state index in [0.29, 0.717) is 19.8 Å². The Morgan fingerprint density at radius 3 is 2.53 bits per heavy atom. The summed E-state index contributed by atoms with van der Waals surface area (Å²) in [6.07, 6.45) is 3.99. The van der Waals surface area contributed by atoms with Crippen LogP contribution in [0.25, 0.3) is 0 Å². The van der Waals surface area contributed by atoms with E-state index in [1.807, 2.05) is 20.0 Å². The standard InChI is InChI=1S/C12H23NO2/c1-5-6-12(13-9-11(2)3)10-15-8-7-14-4/h9H,5-8,10H2,1-4H3/b13-12+. The van der Waals surface area contributed by atoms with Gasteiger partial charge in [0.1, 0.15) is 0 Å². The van der Waals surface area contributed by atoms with Crippen molar-refractivity contribution in [3.05, 3.63) is 11.8 Å². The summed E-state index contributed by atoms with van der Waals surface area (Å²) < 4.78 is 10.3. The molecule has 0 aliphatic heterocycles. The van der Waals surface area contributed by atoms with Crippen molar-refractivity contribution in [3.8, 4) is 0 Å². The first-order valence-corrected chi connectivity index (χ1v) is 5.46. The van der Waals surface area contributed by atoms with Crippen LogP contribution in [-0.4, -0.2) is 32.6 Å². The summed E-state index contributed by atoms with van der Waals surface area (Å²) in [7, 11) is 1.67. The Morgan fingerprint density at radius 1 is 1.27 bits per heavy atom. The Balaban J connectivity index is 3.93. The molecule has 0 saturated heterocycles. The highest BCUT2D eigenvalue weighted by Crippen LogP contribution is 1.97. The van der Waals surface area contributed by atoms with Crippen LogP contribution in [0.2, 0.25) is 0 Å². The van der Waals surface area contributed by atoms with Gasteiger partial charge in [0, 0.05) is 19.0 Å². The van der Waals surface area contributed by atoms with Gasteiger partial charge in [-0.15, -0.1) is 0 Å². The van der Waals surface area contributed by atoms with E-state index in [2.05, 4.69) is 11.9 Å². The van der Waals surface area contributed by atoms with Gasteiger partial charge in [0.25, 0.3) is 0 Å². The molecule has 0 bridgehead atoms. The Labute approximate surface area is 93.2 Å². The molecule has 0 N–H and O–H groups in total. The zero-order valence-corrected chi connectivity index (χ0v) is 10.4. The lowest BCUT2D eigenvalue weighted by atomic mass is 10.2. The van der Waals surface area contributed by atoms with Crippen molar-refractivity contribution < 1.29 is 9.47 Å². The lowest BCUT2D eigenvalue weighted by Crippen LogP contribution is -2.11. The molecule has 3 heteroatoms. The minimum absolute atomic E-state index is 0.612. The van der Waals surface area contributed by atoms with E-state index >= 15 is 0 Å². The summed E-state index contributed by atoms with van der Waals surface area (Å²) in [5.74, 6) is 0. The largest absolute Gasteiger partial charge is 0.382 e. The number of methoxy groups -OCH3 is 1. The first-order chi connectivity index (χ1) is 7.20. The second kappa shape index (κ2) is 9.87. The van der Waals surface area contributed by atoms with E-state index in [1.165, 1.54) is 5.57 Å². The molecule has 0 amide bonds. The summed E-state index contributed by atoms with van der Waals surface area (Å²) in [6, 6.07) is 0. The Bertz CT molecular complexity index is 206. The monoisotopic (exact) mass is 213 g/mol. The van der Waals surface area contributed by atoms with Crippen LogP contribution in [0.3, 0.4) is 0 Å². The fourth-order valence-corrected chi connectivity index (χ4v) is 1.02. The summed E-state index contributed by atoms with van der Waals surface area (Å²) >= 11 is 0. The lowest BCUT2D eigenvalue weighted by Gasteiger charge is -2.05. The van der Waals surface area contributed by atoms with Crippen molar-refractivity contribution in [2.45, 2.75) is 33.6 Å². The molecule has 0 heterocycles. The van der Waals surface area contributed by atoms with Crippen LogP contribution in [0.5, 0.6) is 0 Å². The highest BCUT2D eigenvalue weighted by atomic mass is 16.5. The van der Waals surface area contributed by atoms with Crippen LogP contribution >= 0.6 is 0 Å². The maximum Gasteiger partial charge on any atom is 0.0849 e. The van der Waals surface area contributed by atoms with Gasteiger partial charge in [-0.05, 0) is 20.3 Å². The number of ether oxygens (including phenoxy) is 2. The van der Waals surface area contributed by atoms with Crippen molar-refractivity contribution in [3.63, 3.8) is 0 Å². The van der Waals surface area contributed by atoms with Gasteiger partial charge in [0.2, 0.25) is 0 Å². The van der Waals surface area contributed by atoms with Gasteiger partial charge in [-0.3, -0.25) is 4.99 Å². The van der Waals surface area contributed by atoms with Gasteiger partial charge in [-0.25, -0.2) is 0 Å². The van der Waals surface area contributed by atoms with Gasteiger partial charge in [0.05, 0.1) is 19.8 Å². The lowest BCUT2D eigenvalue weighted by molar-refractivity contribution is 0.0895. The van der Waals surface area contributed by atoms with Gasteiger partial charge in [-0.2, -0.15) is 0 Å². The third-order valence-electron chi connectivity index (χ3n) is 1.74. The molecule has 15 heavy (non-hydrogen) atoms. The zero-order valence-electron chi connectivity index (χ0n) is 10.4. The summed E-state index contributed by atoms with van der Waals surface area (Å²) in [6.45, 7) is 8.11. The highest BCUT2D eigenvalue weighted by molar-refractivity contribution is 5.86. The molecule has 0 aliphatic rings. The van der Waals surface area contributed by atoms with Crippen molar-refractivity contribution in [1.82, 2.24) is 0 Å². The Kier molecular flexibility index (Phi) is 9.43. The van der Waals surface area contributed by atoms with Crippen molar-refractivity contribution >= 4 is 5.71 Å². The van der Waals surface area contributed by atoms with Crippen LogP contribution in [-0.2, 0) is 9.47 Å². The van der Waals surface area contributed by atoms with Crippen LogP contribution in [0.4, 0.5) is 0 Å². The summed E-state index contributed by atoms with van der Waals surface area (Å²) in [5, 5.41) is 0. The van der Waals surface area contributed by atoms with Crippen LogP contribution < -0.4 is 0 Å². The number of hydrogen-bond donors (Lipinski definition) is 0. The minimum Gasteiger partial charge on any atom is -0.382 e. The molecule has 0 aliphatic carbocycles. The summed E-state index contributed by atoms with van der Waals surface area (Å²) in [4.78, 5) is 4.40. The van der Waals surface area contributed by atoms with E-state index in [-0.39, 0.29) is 0 Å². The van der Waals surface area contributed by atoms with Gasteiger partial charge in [0.15, 0.2) is 0 Å². The normalized spacial score (nSPS) is 11.6. The molecule has 0 rings (SSSR count). The molecule has 0 spiro atoms. The van der Waals surface area contributed by atoms with Crippen LogP contribution in [0, 0.1) is 0 Å². The fourth-order valence-electron chi connectivity index (χ4n) is 1.02. The number of rotatable bonds is 8. The second-order valence-corrected chi connectivity index (χ2v) is 3.70. The second-order valence-electron chi connectivity index (χ2n) is 3.70. The van der Waals surface area contributed by atoms with E-state index < -0.39 is 0 Å². The third-order valence-corrected chi connectivity index (χ3v) is 1.74. The number of nitrogens with zero attached hydrogens (tertiary/aromatic N) is 1. The molecule has 0 aromatic carbocycles. The third kappa shape index (κ3) is 9.63. The predicted molar refractivity (Wildman–Crippen MR) is 64.5 cm³/mol. The molecule has 0 saturated carbocycles. The number of hydrogen-bond acceptors (Lipinski definition) is 3. The van der Waals surface area contributed by atoms with E-state index in [4.69, 9.17) is 9.47 Å². The molecule has 88 valence electrons.